The summed E-state index contributed by atoms with van der Waals surface area (Å²) in [5, 5.41) is 2.99. The number of hydrogen-bond donors (Lipinski definition) is 2. The second kappa shape index (κ2) is 5.61. The van der Waals surface area contributed by atoms with Gasteiger partial charge in [0.2, 0.25) is 5.91 Å². The number of methoxy groups -OCH3 is 1. The van der Waals surface area contributed by atoms with Crippen LogP contribution in [-0.4, -0.2) is 19.1 Å². The first kappa shape index (κ1) is 13.9. The van der Waals surface area contributed by atoms with Crippen molar-refractivity contribution in [2.45, 2.75) is 38.8 Å². The van der Waals surface area contributed by atoms with Crippen LogP contribution < -0.4 is 15.8 Å². The lowest BCUT2D eigenvalue weighted by molar-refractivity contribution is -0.130. The third-order valence-corrected chi connectivity index (χ3v) is 4.16. The zero-order valence-electron chi connectivity index (χ0n) is 11.6. The molecule has 0 heterocycles. The molecule has 2 rings (SSSR count). The normalized spacial score (nSPS) is 26.2. The summed E-state index contributed by atoms with van der Waals surface area (Å²) in [7, 11) is 1.64. The standard InChI is InChI=1S/C15H22N2O2/c1-15(9-3-4-13(15)16)14(18)17-10-11-5-7-12(19-2)8-6-11/h5-8,13H,3-4,9-10,16H2,1-2H3,(H,17,18). The van der Waals surface area contributed by atoms with Gasteiger partial charge in [0.05, 0.1) is 12.5 Å². The summed E-state index contributed by atoms with van der Waals surface area (Å²) in [4.78, 5) is 12.3. The number of nitrogens with one attached hydrogen (secondary N) is 1. The minimum atomic E-state index is -0.410. The number of rotatable bonds is 4. The minimum absolute atomic E-state index is 0.0247. The lowest BCUT2D eigenvalue weighted by Gasteiger charge is -2.27. The van der Waals surface area contributed by atoms with Crippen molar-refractivity contribution in [1.29, 1.82) is 0 Å². The minimum Gasteiger partial charge on any atom is -0.497 e. The van der Waals surface area contributed by atoms with Crippen LogP contribution in [0.1, 0.15) is 31.7 Å². The Morgan fingerprint density at radius 1 is 1.47 bits per heavy atom. The molecular formula is C15H22N2O2. The van der Waals surface area contributed by atoms with E-state index >= 15 is 0 Å². The van der Waals surface area contributed by atoms with E-state index in [4.69, 9.17) is 10.5 Å². The van der Waals surface area contributed by atoms with E-state index in [0.717, 1.165) is 30.6 Å². The molecule has 0 aromatic heterocycles. The van der Waals surface area contributed by atoms with E-state index in [-0.39, 0.29) is 11.9 Å². The Morgan fingerprint density at radius 2 is 2.16 bits per heavy atom. The summed E-state index contributed by atoms with van der Waals surface area (Å²) in [6.45, 7) is 2.50. The molecule has 0 saturated heterocycles. The maximum Gasteiger partial charge on any atom is 0.227 e. The molecule has 19 heavy (non-hydrogen) atoms. The van der Waals surface area contributed by atoms with Gasteiger partial charge in [-0.1, -0.05) is 18.6 Å². The second-order valence-electron chi connectivity index (χ2n) is 5.45. The third kappa shape index (κ3) is 2.89. The molecule has 0 bridgehead atoms. The van der Waals surface area contributed by atoms with Crippen molar-refractivity contribution in [3.8, 4) is 5.75 Å². The molecule has 0 spiro atoms. The van der Waals surface area contributed by atoms with E-state index in [0.29, 0.717) is 6.54 Å². The molecule has 1 saturated carbocycles. The predicted molar refractivity (Wildman–Crippen MR) is 74.8 cm³/mol. The quantitative estimate of drug-likeness (QED) is 0.870. The molecule has 3 N–H and O–H groups in total. The van der Waals surface area contributed by atoms with Crippen molar-refractivity contribution in [1.82, 2.24) is 5.32 Å². The molecule has 4 nitrogen and oxygen atoms in total. The molecule has 1 aromatic carbocycles. The van der Waals surface area contributed by atoms with Gasteiger partial charge in [-0.2, -0.15) is 0 Å². The van der Waals surface area contributed by atoms with Crippen LogP contribution in [0.4, 0.5) is 0 Å². The Hall–Kier alpha value is -1.55. The van der Waals surface area contributed by atoms with Crippen LogP contribution >= 0.6 is 0 Å². The number of amides is 1. The van der Waals surface area contributed by atoms with E-state index in [1.807, 2.05) is 31.2 Å². The fraction of sp³-hybridized carbons (Fsp3) is 0.533. The molecule has 4 heteroatoms. The van der Waals surface area contributed by atoms with Crippen LogP contribution in [0.2, 0.25) is 0 Å². The van der Waals surface area contributed by atoms with Crippen LogP contribution in [-0.2, 0) is 11.3 Å². The topological polar surface area (TPSA) is 64.3 Å². The van der Waals surface area contributed by atoms with Crippen molar-refractivity contribution in [3.63, 3.8) is 0 Å². The maximum atomic E-state index is 12.3. The van der Waals surface area contributed by atoms with Gasteiger partial charge in [0.1, 0.15) is 5.75 Å². The van der Waals surface area contributed by atoms with Gasteiger partial charge in [0, 0.05) is 12.6 Å². The molecule has 2 atom stereocenters. The number of carbonyl (C=O) groups is 1. The first-order valence-electron chi connectivity index (χ1n) is 6.73. The molecule has 1 aliphatic carbocycles. The van der Waals surface area contributed by atoms with Gasteiger partial charge in [-0.15, -0.1) is 0 Å². The number of hydrogen-bond acceptors (Lipinski definition) is 3. The van der Waals surface area contributed by atoms with Gasteiger partial charge in [-0.25, -0.2) is 0 Å². The molecule has 2 unspecified atom stereocenters. The third-order valence-electron chi connectivity index (χ3n) is 4.16. The fourth-order valence-electron chi connectivity index (χ4n) is 2.60. The van der Waals surface area contributed by atoms with E-state index in [9.17, 15) is 4.79 Å². The SMILES string of the molecule is COc1ccc(CNC(=O)C2(C)CCCC2N)cc1. The van der Waals surface area contributed by atoms with Crippen molar-refractivity contribution in [2.75, 3.05) is 7.11 Å². The zero-order chi connectivity index (χ0) is 13.9. The Balaban J connectivity index is 1.92. The molecule has 1 aromatic rings. The monoisotopic (exact) mass is 262 g/mol. The molecule has 104 valence electrons. The Morgan fingerprint density at radius 3 is 2.68 bits per heavy atom. The van der Waals surface area contributed by atoms with Crippen molar-refractivity contribution < 1.29 is 9.53 Å². The van der Waals surface area contributed by atoms with E-state index in [1.54, 1.807) is 7.11 Å². The first-order chi connectivity index (χ1) is 9.06. The summed E-state index contributed by atoms with van der Waals surface area (Å²) in [6, 6.07) is 7.67. The number of benzene rings is 1. The van der Waals surface area contributed by atoms with Gasteiger partial charge >= 0.3 is 0 Å². The molecular weight excluding hydrogens is 240 g/mol. The van der Waals surface area contributed by atoms with Crippen LogP contribution in [0, 0.1) is 5.41 Å². The van der Waals surface area contributed by atoms with E-state index in [2.05, 4.69) is 5.32 Å². The zero-order valence-corrected chi connectivity index (χ0v) is 11.6. The van der Waals surface area contributed by atoms with Crippen LogP contribution in [0.25, 0.3) is 0 Å². The highest BCUT2D eigenvalue weighted by molar-refractivity contribution is 5.83. The highest BCUT2D eigenvalue weighted by Gasteiger charge is 2.42. The van der Waals surface area contributed by atoms with Crippen molar-refractivity contribution in [3.05, 3.63) is 29.8 Å². The Kier molecular flexibility index (Phi) is 4.10. The molecule has 1 aliphatic rings. The second-order valence-corrected chi connectivity index (χ2v) is 5.45. The lowest BCUT2D eigenvalue weighted by atomic mass is 9.84. The van der Waals surface area contributed by atoms with E-state index < -0.39 is 5.41 Å². The lowest BCUT2D eigenvalue weighted by Crippen LogP contribution is -2.47. The van der Waals surface area contributed by atoms with Crippen molar-refractivity contribution >= 4 is 5.91 Å². The largest absolute Gasteiger partial charge is 0.497 e. The fourth-order valence-corrected chi connectivity index (χ4v) is 2.60. The molecule has 0 aliphatic heterocycles. The first-order valence-corrected chi connectivity index (χ1v) is 6.73. The highest BCUT2D eigenvalue weighted by Crippen LogP contribution is 2.36. The molecule has 0 radical (unpaired) electrons. The van der Waals surface area contributed by atoms with E-state index in [1.165, 1.54) is 0 Å². The maximum absolute atomic E-state index is 12.3. The Bertz CT molecular complexity index is 444. The number of ether oxygens (including phenoxy) is 1. The number of nitrogens with two attached hydrogens (primary N) is 1. The smallest absolute Gasteiger partial charge is 0.227 e. The average Bonchev–Trinajstić information content (AvgIpc) is 2.78. The molecule has 1 amide bonds. The van der Waals surface area contributed by atoms with Crippen molar-refractivity contribution in [2.24, 2.45) is 11.1 Å². The van der Waals surface area contributed by atoms with Crippen LogP contribution in [0.15, 0.2) is 24.3 Å². The highest BCUT2D eigenvalue weighted by atomic mass is 16.5. The van der Waals surface area contributed by atoms with Gasteiger partial charge in [0.15, 0.2) is 0 Å². The predicted octanol–water partition coefficient (Wildman–Crippen LogP) is 1.83. The summed E-state index contributed by atoms with van der Waals surface area (Å²) in [5.74, 6) is 0.883. The van der Waals surface area contributed by atoms with Crippen LogP contribution in [0.3, 0.4) is 0 Å². The average molecular weight is 262 g/mol. The summed E-state index contributed by atoms with van der Waals surface area (Å²) >= 11 is 0. The summed E-state index contributed by atoms with van der Waals surface area (Å²) < 4.78 is 5.10. The summed E-state index contributed by atoms with van der Waals surface area (Å²) in [5.41, 5.74) is 6.69. The molecule has 1 fully saturated rings. The van der Waals surface area contributed by atoms with Gasteiger partial charge in [-0.05, 0) is 37.5 Å². The number of carbonyl (C=O) groups excluding carboxylic acids is 1. The summed E-state index contributed by atoms with van der Waals surface area (Å²) in [6.07, 6.45) is 2.85. The van der Waals surface area contributed by atoms with Gasteiger partial charge in [-0.3, -0.25) is 4.79 Å². The van der Waals surface area contributed by atoms with Gasteiger partial charge in [0.25, 0.3) is 0 Å². The van der Waals surface area contributed by atoms with Crippen LogP contribution in [0.5, 0.6) is 5.75 Å². The van der Waals surface area contributed by atoms with Gasteiger partial charge < -0.3 is 15.8 Å². The Labute approximate surface area is 114 Å².